The first-order chi connectivity index (χ1) is 15.3. The number of carbonyl (C=O) groups excluding carboxylic acids is 4. The van der Waals surface area contributed by atoms with Gasteiger partial charge in [0.15, 0.2) is 0 Å². The van der Waals surface area contributed by atoms with Crippen molar-refractivity contribution in [1.82, 2.24) is 16.0 Å². The first-order valence-electron chi connectivity index (χ1n) is 10.9. The molecule has 0 aromatic carbocycles. The van der Waals surface area contributed by atoms with Crippen LogP contribution in [0.4, 0.5) is 0 Å². The third-order valence-corrected chi connectivity index (χ3v) is 4.95. The number of carbonyl (C=O) groups is 5. The molecule has 5 atom stereocenters. The summed E-state index contributed by atoms with van der Waals surface area (Å²) >= 11 is 0. The maximum atomic E-state index is 12.9. The van der Waals surface area contributed by atoms with Gasteiger partial charge in [-0.2, -0.15) is 0 Å². The Balaban J connectivity index is 5.57. The number of nitrogens with two attached hydrogens (primary N) is 3. The maximum absolute atomic E-state index is 12.9. The largest absolute Gasteiger partial charge is 0.480 e. The van der Waals surface area contributed by atoms with Crippen molar-refractivity contribution >= 4 is 29.6 Å². The molecule has 190 valence electrons. The number of amides is 4. The lowest BCUT2D eigenvalue weighted by molar-refractivity contribution is -0.143. The molecule has 13 nitrogen and oxygen atoms in total. The highest BCUT2D eigenvalue weighted by molar-refractivity contribution is 5.94. The van der Waals surface area contributed by atoms with Crippen molar-refractivity contribution < 1.29 is 34.2 Å². The molecule has 11 N–H and O–H groups in total. The van der Waals surface area contributed by atoms with Crippen LogP contribution >= 0.6 is 0 Å². The number of hydrogen-bond donors (Lipinski definition) is 8. The molecule has 33 heavy (non-hydrogen) atoms. The van der Waals surface area contributed by atoms with E-state index in [0.29, 0.717) is 19.4 Å². The van der Waals surface area contributed by atoms with Crippen LogP contribution in [-0.2, 0) is 24.0 Å². The Kier molecular flexibility index (Phi) is 13.9. The topological polar surface area (TPSA) is 240 Å². The minimum atomic E-state index is -1.32. The predicted molar refractivity (Wildman–Crippen MR) is 119 cm³/mol. The van der Waals surface area contributed by atoms with Crippen molar-refractivity contribution in [2.24, 2.45) is 23.1 Å². The van der Waals surface area contributed by atoms with Crippen LogP contribution in [0.25, 0.3) is 0 Å². The second kappa shape index (κ2) is 15.1. The Morgan fingerprint density at radius 1 is 0.848 bits per heavy atom. The Morgan fingerprint density at radius 2 is 1.36 bits per heavy atom. The van der Waals surface area contributed by atoms with E-state index in [-0.39, 0.29) is 19.3 Å². The zero-order valence-electron chi connectivity index (χ0n) is 19.4. The molecule has 0 heterocycles. The Morgan fingerprint density at radius 3 is 1.82 bits per heavy atom. The molecular formula is C20H38N6O7. The quantitative estimate of drug-likeness (QED) is 0.108. The van der Waals surface area contributed by atoms with Gasteiger partial charge in [0.05, 0.1) is 6.10 Å². The van der Waals surface area contributed by atoms with Crippen LogP contribution in [0.15, 0.2) is 0 Å². The van der Waals surface area contributed by atoms with Crippen LogP contribution in [0.3, 0.4) is 0 Å². The second-order valence-corrected chi connectivity index (χ2v) is 8.25. The summed E-state index contributed by atoms with van der Waals surface area (Å²) in [5, 5.41) is 26.1. The smallest absolute Gasteiger partial charge is 0.326 e. The number of primary amides is 1. The first-order valence-corrected chi connectivity index (χ1v) is 10.9. The normalized spacial score (nSPS) is 15.6. The fraction of sp³-hybridized carbons (Fsp3) is 0.750. The molecule has 0 radical (unpaired) electrons. The van der Waals surface area contributed by atoms with Crippen LogP contribution in [0.1, 0.15) is 52.9 Å². The number of aliphatic hydroxyl groups excluding tert-OH is 1. The molecule has 0 aliphatic carbocycles. The van der Waals surface area contributed by atoms with Gasteiger partial charge in [-0.15, -0.1) is 0 Å². The van der Waals surface area contributed by atoms with Crippen molar-refractivity contribution in [2.75, 3.05) is 6.54 Å². The standard InChI is InChI=1S/C20H38N6O7/c1-10(2)16(20(32)33)26-18(30)12(6-4-5-9-21)24-17(29)13(7-8-14(22)28)25-19(31)15(23)11(3)27/h10-13,15-16,27H,4-9,21,23H2,1-3H3,(H2,22,28)(H,24,29)(H,25,31)(H,26,30)(H,32,33). The molecule has 4 amide bonds. The highest BCUT2D eigenvalue weighted by Crippen LogP contribution is 2.07. The van der Waals surface area contributed by atoms with Gasteiger partial charge < -0.3 is 43.4 Å². The fourth-order valence-corrected chi connectivity index (χ4v) is 2.84. The van der Waals surface area contributed by atoms with E-state index in [1.807, 2.05) is 0 Å². The molecule has 0 saturated heterocycles. The van der Waals surface area contributed by atoms with E-state index in [0.717, 1.165) is 0 Å². The van der Waals surface area contributed by atoms with Crippen LogP contribution in [0, 0.1) is 5.92 Å². The monoisotopic (exact) mass is 474 g/mol. The van der Waals surface area contributed by atoms with E-state index < -0.39 is 65.8 Å². The summed E-state index contributed by atoms with van der Waals surface area (Å²) in [6.45, 7) is 4.92. The summed E-state index contributed by atoms with van der Waals surface area (Å²) in [6.07, 6.45) is -0.385. The number of aliphatic carboxylic acids is 1. The lowest BCUT2D eigenvalue weighted by atomic mass is 10.0. The molecule has 0 saturated carbocycles. The number of aliphatic hydroxyl groups is 1. The van der Waals surface area contributed by atoms with Gasteiger partial charge >= 0.3 is 5.97 Å². The SMILES string of the molecule is CC(C)C(NC(=O)C(CCCCN)NC(=O)C(CCC(N)=O)NC(=O)C(N)C(C)O)C(=O)O. The summed E-state index contributed by atoms with van der Waals surface area (Å²) < 4.78 is 0. The molecule has 0 aromatic heterocycles. The minimum absolute atomic E-state index is 0.166. The van der Waals surface area contributed by atoms with Crippen molar-refractivity contribution in [3.63, 3.8) is 0 Å². The van der Waals surface area contributed by atoms with Gasteiger partial charge in [0.2, 0.25) is 23.6 Å². The third kappa shape index (κ3) is 11.6. The zero-order valence-corrected chi connectivity index (χ0v) is 19.4. The van der Waals surface area contributed by atoms with Crippen molar-refractivity contribution in [3.05, 3.63) is 0 Å². The molecule has 0 rings (SSSR count). The summed E-state index contributed by atoms with van der Waals surface area (Å²) in [5.41, 5.74) is 16.2. The van der Waals surface area contributed by atoms with Crippen molar-refractivity contribution in [3.8, 4) is 0 Å². The minimum Gasteiger partial charge on any atom is -0.480 e. The van der Waals surface area contributed by atoms with Gasteiger partial charge in [-0.25, -0.2) is 4.79 Å². The number of carboxylic acids is 1. The van der Waals surface area contributed by atoms with E-state index in [4.69, 9.17) is 17.2 Å². The van der Waals surface area contributed by atoms with Crippen molar-refractivity contribution in [2.45, 2.75) is 83.1 Å². The maximum Gasteiger partial charge on any atom is 0.326 e. The highest BCUT2D eigenvalue weighted by Gasteiger charge is 2.31. The van der Waals surface area contributed by atoms with Crippen LogP contribution in [-0.4, -0.2) is 76.6 Å². The van der Waals surface area contributed by atoms with Gasteiger partial charge in [0.1, 0.15) is 24.2 Å². The third-order valence-electron chi connectivity index (χ3n) is 4.95. The summed E-state index contributed by atoms with van der Waals surface area (Å²) in [6, 6.07) is -4.86. The van der Waals surface area contributed by atoms with Gasteiger partial charge in [-0.3, -0.25) is 19.2 Å². The summed E-state index contributed by atoms with van der Waals surface area (Å²) in [4.78, 5) is 60.5. The molecule has 0 aliphatic heterocycles. The lowest BCUT2D eigenvalue weighted by Gasteiger charge is -2.26. The lowest BCUT2D eigenvalue weighted by Crippen LogP contribution is -2.58. The second-order valence-electron chi connectivity index (χ2n) is 8.25. The molecule has 0 aromatic rings. The fourth-order valence-electron chi connectivity index (χ4n) is 2.84. The average Bonchev–Trinajstić information content (AvgIpc) is 2.72. The molecule has 0 fully saturated rings. The number of hydrogen-bond acceptors (Lipinski definition) is 8. The molecule has 0 aliphatic rings. The van der Waals surface area contributed by atoms with Crippen LogP contribution in [0.5, 0.6) is 0 Å². The molecular weight excluding hydrogens is 436 g/mol. The summed E-state index contributed by atoms with van der Waals surface area (Å²) in [7, 11) is 0. The van der Waals surface area contributed by atoms with Gasteiger partial charge in [0, 0.05) is 6.42 Å². The molecule has 0 bridgehead atoms. The van der Waals surface area contributed by atoms with E-state index in [1.165, 1.54) is 6.92 Å². The highest BCUT2D eigenvalue weighted by atomic mass is 16.4. The van der Waals surface area contributed by atoms with E-state index in [9.17, 15) is 34.2 Å². The Hall–Kier alpha value is -2.77. The number of carboxylic acid groups (broad SMARTS) is 1. The molecule has 5 unspecified atom stereocenters. The van der Waals surface area contributed by atoms with Crippen LogP contribution in [0.2, 0.25) is 0 Å². The van der Waals surface area contributed by atoms with Crippen LogP contribution < -0.4 is 33.2 Å². The number of unbranched alkanes of at least 4 members (excludes halogenated alkanes) is 1. The van der Waals surface area contributed by atoms with E-state index in [1.54, 1.807) is 13.8 Å². The predicted octanol–water partition coefficient (Wildman–Crippen LogP) is -2.72. The number of nitrogens with one attached hydrogen (secondary N) is 3. The van der Waals surface area contributed by atoms with E-state index in [2.05, 4.69) is 16.0 Å². The average molecular weight is 475 g/mol. The van der Waals surface area contributed by atoms with Gasteiger partial charge in [0.25, 0.3) is 0 Å². The molecule has 0 spiro atoms. The Bertz CT molecular complexity index is 686. The summed E-state index contributed by atoms with van der Waals surface area (Å²) in [5.74, 6) is -4.65. The zero-order chi connectivity index (χ0) is 25.7. The Labute approximate surface area is 193 Å². The molecule has 13 heteroatoms. The van der Waals surface area contributed by atoms with Crippen molar-refractivity contribution in [1.29, 1.82) is 0 Å². The van der Waals surface area contributed by atoms with Gasteiger partial charge in [-0.05, 0) is 45.1 Å². The first kappa shape index (κ1) is 30.2. The number of rotatable bonds is 16. The van der Waals surface area contributed by atoms with Gasteiger partial charge in [-0.1, -0.05) is 13.8 Å². The van der Waals surface area contributed by atoms with E-state index >= 15 is 0 Å².